The number of likely N-dealkylation sites (N-methyl/N-ethyl adjacent to an activating group) is 1. The van der Waals surface area contributed by atoms with Crippen LogP contribution >= 0.6 is 0 Å². The molecular formula is C27H35N5O7S2. The fourth-order valence-corrected chi connectivity index (χ4v) is 6.66. The Bertz CT molecular complexity index is 1620. The molecule has 1 amide bonds. The van der Waals surface area contributed by atoms with E-state index < -0.39 is 38.1 Å². The zero-order valence-electron chi connectivity index (χ0n) is 23.6. The average molecular weight is 606 g/mol. The third-order valence-corrected chi connectivity index (χ3v) is 10.1. The summed E-state index contributed by atoms with van der Waals surface area (Å²) in [5, 5.41) is 9.79. The summed E-state index contributed by atoms with van der Waals surface area (Å²) < 4.78 is 63.7. The van der Waals surface area contributed by atoms with E-state index in [9.17, 15) is 26.7 Å². The van der Waals surface area contributed by atoms with Crippen molar-refractivity contribution >= 4 is 31.6 Å². The van der Waals surface area contributed by atoms with E-state index in [1.165, 1.54) is 59.4 Å². The van der Waals surface area contributed by atoms with E-state index >= 15 is 0 Å². The van der Waals surface area contributed by atoms with Gasteiger partial charge in [-0.05, 0) is 44.2 Å². The summed E-state index contributed by atoms with van der Waals surface area (Å²) in [5.41, 5.74) is 1.15. The highest BCUT2D eigenvalue weighted by Gasteiger charge is 2.36. The van der Waals surface area contributed by atoms with Crippen LogP contribution in [0.4, 0.5) is 5.69 Å². The molecule has 1 aliphatic heterocycles. The summed E-state index contributed by atoms with van der Waals surface area (Å²) in [5.74, 6) is -0.608. The van der Waals surface area contributed by atoms with Crippen molar-refractivity contribution in [2.45, 2.75) is 42.8 Å². The Morgan fingerprint density at radius 2 is 1.85 bits per heavy atom. The van der Waals surface area contributed by atoms with Crippen molar-refractivity contribution in [2.24, 2.45) is 13.0 Å². The summed E-state index contributed by atoms with van der Waals surface area (Å²) in [6, 6.07) is 10.2. The van der Waals surface area contributed by atoms with Crippen LogP contribution < -0.4 is 9.46 Å². The highest BCUT2D eigenvalue weighted by Crippen LogP contribution is 2.32. The number of carbonyl (C=O) groups excluding carboxylic acids is 1. The van der Waals surface area contributed by atoms with Gasteiger partial charge in [-0.25, -0.2) is 21.8 Å². The molecule has 3 aromatic rings. The van der Waals surface area contributed by atoms with Gasteiger partial charge in [0, 0.05) is 38.4 Å². The van der Waals surface area contributed by atoms with Crippen molar-refractivity contribution in [3.63, 3.8) is 0 Å². The number of hydrogen-bond acceptors (Lipinski definition) is 8. The van der Waals surface area contributed by atoms with E-state index in [1.54, 1.807) is 26.1 Å². The van der Waals surface area contributed by atoms with E-state index in [0.717, 1.165) is 9.87 Å². The summed E-state index contributed by atoms with van der Waals surface area (Å²) in [4.78, 5) is 19.2. The zero-order chi connectivity index (χ0) is 30.1. The second-order valence-electron chi connectivity index (χ2n) is 10.4. The van der Waals surface area contributed by atoms with Crippen LogP contribution in [0.3, 0.4) is 0 Å². The number of hydrogen-bond donors (Lipinski definition) is 2. The van der Waals surface area contributed by atoms with Crippen molar-refractivity contribution in [3.05, 3.63) is 66.1 Å². The van der Waals surface area contributed by atoms with E-state index in [1.807, 2.05) is 13.8 Å². The number of sulfonamides is 2. The third kappa shape index (κ3) is 6.56. The third-order valence-electron chi connectivity index (χ3n) is 7.04. The predicted molar refractivity (Wildman–Crippen MR) is 153 cm³/mol. The monoisotopic (exact) mass is 605 g/mol. The van der Waals surface area contributed by atoms with Crippen LogP contribution in [0.25, 0.3) is 0 Å². The van der Waals surface area contributed by atoms with Crippen molar-refractivity contribution in [1.29, 1.82) is 0 Å². The number of aliphatic hydroxyl groups is 1. The van der Waals surface area contributed by atoms with E-state index in [2.05, 4.69) is 9.71 Å². The topological polar surface area (TPSA) is 151 Å². The lowest BCUT2D eigenvalue weighted by molar-refractivity contribution is 0.0387. The zero-order valence-corrected chi connectivity index (χ0v) is 25.2. The Kier molecular flexibility index (Phi) is 8.78. The number of fused-ring (bicyclic) bond motifs is 1. The molecule has 0 unspecified atom stereocenters. The molecule has 0 saturated carbocycles. The molecule has 41 heavy (non-hydrogen) atoms. The number of benzene rings is 2. The van der Waals surface area contributed by atoms with Crippen LogP contribution in [0.1, 0.15) is 29.8 Å². The SMILES string of the molecule is Cc1ccc(S(=O)(=O)Nc2ccc3c(c2)C(=O)N([C@@H](C)CO)C[C@@H](C)[C@@H](CN(C)S(=O)(=O)c2cn(C)cn2)O3)cc1. The van der Waals surface area contributed by atoms with Gasteiger partial charge in [-0.3, -0.25) is 9.52 Å². The second kappa shape index (κ2) is 11.8. The summed E-state index contributed by atoms with van der Waals surface area (Å²) in [6.07, 6.45) is 2.12. The van der Waals surface area contributed by atoms with Gasteiger partial charge in [-0.2, -0.15) is 4.31 Å². The molecule has 0 spiro atoms. The molecule has 0 saturated heterocycles. The first-order chi connectivity index (χ1) is 19.2. The predicted octanol–water partition coefficient (Wildman–Crippen LogP) is 2.07. The quantitative estimate of drug-likeness (QED) is 0.376. The Labute approximate surface area is 240 Å². The molecule has 14 heteroatoms. The van der Waals surface area contributed by atoms with Crippen molar-refractivity contribution < 1.29 is 31.5 Å². The Morgan fingerprint density at radius 1 is 1.17 bits per heavy atom. The number of nitrogens with zero attached hydrogens (tertiary/aromatic N) is 4. The van der Waals surface area contributed by atoms with Gasteiger partial charge in [0.05, 0.1) is 36.0 Å². The number of ether oxygens (including phenoxy) is 1. The maximum atomic E-state index is 13.7. The first-order valence-corrected chi connectivity index (χ1v) is 15.9. The van der Waals surface area contributed by atoms with Crippen molar-refractivity contribution in [3.8, 4) is 5.75 Å². The Balaban J connectivity index is 1.68. The number of nitrogens with one attached hydrogen (secondary N) is 1. The van der Waals surface area contributed by atoms with Gasteiger partial charge in [-0.15, -0.1) is 0 Å². The van der Waals surface area contributed by atoms with Crippen LogP contribution in [-0.4, -0.2) is 85.5 Å². The first-order valence-electron chi connectivity index (χ1n) is 13.0. The highest BCUT2D eigenvalue weighted by atomic mass is 32.2. The molecule has 2 N–H and O–H groups in total. The van der Waals surface area contributed by atoms with Gasteiger partial charge in [0.2, 0.25) is 0 Å². The van der Waals surface area contributed by atoms with Gasteiger partial charge in [0.1, 0.15) is 11.9 Å². The first kappa shape index (κ1) is 30.5. The minimum absolute atomic E-state index is 0.0448. The lowest BCUT2D eigenvalue weighted by atomic mass is 9.99. The summed E-state index contributed by atoms with van der Waals surface area (Å²) >= 11 is 0. The van der Waals surface area contributed by atoms with Gasteiger partial charge in [0.15, 0.2) is 5.03 Å². The second-order valence-corrected chi connectivity index (χ2v) is 14.1. The lowest BCUT2D eigenvalue weighted by Crippen LogP contribution is -2.50. The number of rotatable bonds is 9. The van der Waals surface area contributed by atoms with Crippen molar-refractivity contribution in [1.82, 2.24) is 18.8 Å². The molecule has 1 aromatic heterocycles. The minimum Gasteiger partial charge on any atom is -0.488 e. The maximum absolute atomic E-state index is 13.7. The number of aromatic nitrogens is 2. The molecule has 12 nitrogen and oxygen atoms in total. The lowest BCUT2D eigenvalue weighted by Gasteiger charge is -2.38. The molecule has 222 valence electrons. The van der Waals surface area contributed by atoms with E-state index in [4.69, 9.17) is 4.74 Å². The number of amides is 1. The summed E-state index contributed by atoms with van der Waals surface area (Å²) in [7, 11) is -4.75. The molecule has 0 radical (unpaired) electrons. The van der Waals surface area contributed by atoms with Gasteiger partial charge in [-0.1, -0.05) is 24.6 Å². The summed E-state index contributed by atoms with van der Waals surface area (Å²) in [6.45, 7) is 5.21. The minimum atomic E-state index is -3.94. The van der Waals surface area contributed by atoms with Gasteiger partial charge in [0.25, 0.3) is 26.0 Å². The molecule has 0 bridgehead atoms. The van der Waals surface area contributed by atoms with Crippen LogP contribution in [0.15, 0.2) is 64.9 Å². The Hall–Kier alpha value is -3.46. The number of aliphatic hydroxyl groups excluding tert-OH is 1. The standard InChI is InChI=1S/C27H35N5O7S2/c1-18-6-9-22(10-7-18)40(35,36)29-21-8-11-24-23(12-21)27(34)32(20(3)16-33)13-19(2)25(39-24)14-31(5)41(37,38)26-15-30(4)17-28-26/h6-12,15,17,19-20,25,29,33H,13-14,16H2,1-5H3/t19-,20+,25-/m1/s1. The Morgan fingerprint density at radius 3 is 2.46 bits per heavy atom. The molecule has 4 rings (SSSR count). The van der Waals surface area contributed by atoms with Gasteiger partial charge < -0.3 is 19.3 Å². The normalized spacial score (nSPS) is 18.8. The maximum Gasteiger partial charge on any atom is 0.261 e. The number of aryl methyl sites for hydroxylation is 2. The molecule has 2 heterocycles. The average Bonchev–Trinajstić information content (AvgIpc) is 3.37. The van der Waals surface area contributed by atoms with Crippen LogP contribution in [0.5, 0.6) is 5.75 Å². The smallest absolute Gasteiger partial charge is 0.261 e. The molecule has 1 aliphatic rings. The largest absolute Gasteiger partial charge is 0.488 e. The van der Waals surface area contributed by atoms with Crippen LogP contribution in [0.2, 0.25) is 0 Å². The van der Waals surface area contributed by atoms with E-state index in [0.29, 0.717) is 0 Å². The fourth-order valence-electron chi connectivity index (χ4n) is 4.47. The van der Waals surface area contributed by atoms with E-state index in [-0.39, 0.29) is 52.5 Å². The number of imidazole rings is 1. The molecule has 0 aliphatic carbocycles. The van der Waals surface area contributed by atoms with Crippen LogP contribution in [-0.2, 0) is 27.1 Å². The number of carbonyl (C=O) groups is 1. The molecular weight excluding hydrogens is 570 g/mol. The van der Waals surface area contributed by atoms with Crippen molar-refractivity contribution in [2.75, 3.05) is 31.5 Å². The van der Waals surface area contributed by atoms with Crippen LogP contribution in [0, 0.1) is 12.8 Å². The number of anilines is 1. The fraction of sp³-hybridized carbons (Fsp3) is 0.407. The van der Waals surface area contributed by atoms with Gasteiger partial charge >= 0.3 is 0 Å². The molecule has 3 atom stereocenters. The molecule has 2 aromatic carbocycles. The molecule has 0 fully saturated rings. The highest BCUT2D eigenvalue weighted by molar-refractivity contribution is 7.92.